The van der Waals surface area contributed by atoms with E-state index in [4.69, 9.17) is 9.15 Å². The van der Waals surface area contributed by atoms with Gasteiger partial charge in [-0.15, -0.1) is 0 Å². The third kappa shape index (κ3) is 4.15. The van der Waals surface area contributed by atoms with E-state index in [1.54, 1.807) is 36.4 Å². The van der Waals surface area contributed by atoms with Crippen molar-refractivity contribution in [1.82, 2.24) is 0 Å². The topological polar surface area (TPSA) is 75.3 Å². The SMILES string of the molecule is N#C/C(=C\c1ccco1)C(=O)Nc1ccccc1Oc1ccccc1. The first-order valence-corrected chi connectivity index (χ1v) is 7.55. The average Bonchev–Trinajstić information content (AvgIpc) is 3.15. The predicted octanol–water partition coefficient (Wildman–Crippen LogP) is 4.62. The molecule has 1 amide bonds. The van der Waals surface area contributed by atoms with Crippen molar-refractivity contribution in [2.24, 2.45) is 0 Å². The highest BCUT2D eigenvalue weighted by molar-refractivity contribution is 6.10. The molecule has 0 unspecified atom stereocenters. The van der Waals surface area contributed by atoms with Gasteiger partial charge in [0.25, 0.3) is 5.91 Å². The standard InChI is InChI=1S/C20H14N2O3/c21-14-15(13-17-9-6-12-24-17)20(23)22-18-10-4-5-11-19(18)25-16-7-2-1-3-8-16/h1-13H,(H,22,23)/b15-13+. The molecule has 5 nitrogen and oxygen atoms in total. The van der Waals surface area contributed by atoms with Crippen molar-refractivity contribution in [3.63, 3.8) is 0 Å². The summed E-state index contributed by atoms with van der Waals surface area (Å²) in [5.41, 5.74) is 0.404. The minimum atomic E-state index is -0.539. The molecule has 0 aliphatic heterocycles. The van der Waals surface area contributed by atoms with E-state index in [0.29, 0.717) is 22.9 Å². The van der Waals surface area contributed by atoms with Gasteiger partial charge in [0.15, 0.2) is 5.75 Å². The van der Waals surface area contributed by atoms with Crippen molar-refractivity contribution in [2.45, 2.75) is 0 Å². The number of furan rings is 1. The van der Waals surface area contributed by atoms with E-state index in [0.717, 1.165) is 0 Å². The van der Waals surface area contributed by atoms with Crippen LogP contribution >= 0.6 is 0 Å². The molecule has 1 heterocycles. The van der Waals surface area contributed by atoms with Crippen LogP contribution < -0.4 is 10.1 Å². The van der Waals surface area contributed by atoms with Crippen molar-refractivity contribution in [3.05, 3.63) is 84.3 Å². The molecule has 0 atom stereocenters. The Morgan fingerprint density at radius 1 is 1.04 bits per heavy atom. The monoisotopic (exact) mass is 330 g/mol. The Hall–Kier alpha value is -3.78. The van der Waals surface area contributed by atoms with Gasteiger partial charge in [-0.05, 0) is 36.4 Å². The van der Waals surface area contributed by atoms with E-state index in [-0.39, 0.29) is 5.57 Å². The average molecular weight is 330 g/mol. The highest BCUT2D eigenvalue weighted by atomic mass is 16.5. The van der Waals surface area contributed by atoms with Crippen LogP contribution in [0.1, 0.15) is 5.76 Å². The molecule has 1 N–H and O–H groups in total. The summed E-state index contributed by atoms with van der Waals surface area (Å²) in [4.78, 5) is 12.4. The lowest BCUT2D eigenvalue weighted by Gasteiger charge is -2.11. The number of carbonyl (C=O) groups is 1. The zero-order valence-electron chi connectivity index (χ0n) is 13.2. The van der Waals surface area contributed by atoms with Crippen LogP contribution in [0.2, 0.25) is 0 Å². The van der Waals surface area contributed by atoms with Gasteiger partial charge in [0.1, 0.15) is 23.2 Å². The van der Waals surface area contributed by atoms with Gasteiger partial charge in [-0.1, -0.05) is 30.3 Å². The zero-order valence-corrected chi connectivity index (χ0v) is 13.2. The van der Waals surface area contributed by atoms with Crippen LogP contribution in [-0.2, 0) is 4.79 Å². The van der Waals surface area contributed by atoms with Crippen LogP contribution in [0.15, 0.2) is 83.0 Å². The number of hydrogen-bond acceptors (Lipinski definition) is 4. The van der Waals surface area contributed by atoms with E-state index < -0.39 is 5.91 Å². The molecule has 3 aromatic rings. The van der Waals surface area contributed by atoms with E-state index in [9.17, 15) is 10.1 Å². The zero-order chi connectivity index (χ0) is 17.5. The molecule has 2 aromatic carbocycles. The number of amides is 1. The van der Waals surface area contributed by atoms with E-state index in [1.165, 1.54) is 12.3 Å². The van der Waals surface area contributed by atoms with Gasteiger partial charge < -0.3 is 14.5 Å². The molecule has 0 bridgehead atoms. The van der Waals surface area contributed by atoms with Crippen molar-refractivity contribution in [3.8, 4) is 17.6 Å². The maximum absolute atomic E-state index is 12.4. The molecule has 0 fully saturated rings. The fraction of sp³-hybridized carbons (Fsp3) is 0. The minimum Gasteiger partial charge on any atom is -0.465 e. The number of anilines is 1. The summed E-state index contributed by atoms with van der Waals surface area (Å²) in [6.07, 6.45) is 2.86. The first-order valence-electron chi connectivity index (χ1n) is 7.55. The second kappa shape index (κ2) is 7.66. The van der Waals surface area contributed by atoms with E-state index >= 15 is 0 Å². The normalized spacial score (nSPS) is 10.8. The van der Waals surface area contributed by atoms with Crippen molar-refractivity contribution < 1.29 is 13.9 Å². The van der Waals surface area contributed by atoms with Gasteiger partial charge in [-0.3, -0.25) is 4.79 Å². The highest BCUT2D eigenvalue weighted by Gasteiger charge is 2.13. The minimum absolute atomic E-state index is 0.0653. The second-order valence-corrected chi connectivity index (χ2v) is 5.05. The summed E-state index contributed by atoms with van der Waals surface area (Å²) in [7, 11) is 0. The lowest BCUT2D eigenvalue weighted by Crippen LogP contribution is -2.14. The van der Waals surface area contributed by atoms with Gasteiger partial charge in [0.2, 0.25) is 0 Å². The first kappa shape index (κ1) is 16.1. The number of nitrogens with one attached hydrogen (secondary N) is 1. The molecule has 0 radical (unpaired) electrons. The van der Waals surface area contributed by atoms with Crippen LogP contribution in [0.5, 0.6) is 11.5 Å². The maximum Gasteiger partial charge on any atom is 0.266 e. The van der Waals surface area contributed by atoms with Gasteiger partial charge in [0.05, 0.1) is 12.0 Å². The molecule has 0 saturated heterocycles. The Morgan fingerprint density at radius 3 is 2.52 bits per heavy atom. The van der Waals surface area contributed by atoms with E-state index in [2.05, 4.69) is 5.32 Å². The number of hydrogen-bond donors (Lipinski definition) is 1. The molecule has 0 aliphatic carbocycles. The molecule has 1 aromatic heterocycles. The number of ether oxygens (including phenoxy) is 1. The van der Waals surface area contributed by atoms with Crippen molar-refractivity contribution in [1.29, 1.82) is 5.26 Å². The number of nitrogens with zero attached hydrogens (tertiary/aromatic N) is 1. The number of nitriles is 1. The molecule has 25 heavy (non-hydrogen) atoms. The van der Waals surface area contributed by atoms with Crippen LogP contribution in [0.3, 0.4) is 0 Å². The highest BCUT2D eigenvalue weighted by Crippen LogP contribution is 2.29. The fourth-order valence-electron chi connectivity index (χ4n) is 2.13. The van der Waals surface area contributed by atoms with Gasteiger partial charge >= 0.3 is 0 Å². The molecule has 0 aliphatic rings. The number of carbonyl (C=O) groups excluding carboxylic acids is 1. The Bertz CT molecular complexity index is 923. The molecule has 0 saturated carbocycles. The Morgan fingerprint density at radius 2 is 1.80 bits per heavy atom. The summed E-state index contributed by atoms with van der Waals surface area (Å²) in [6, 6.07) is 21.5. The fourth-order valence-corrected chi connectivity index (χ4v) is 2.13. The van der Waals surface area contributed by atoms with Gasteiger partial charge in [0, 0.05) is 6.08 Å². The first-order chi connectivity index (χ1) is 12.3. The summed E-state index contributed by atoms with van der Waals surface area (Å²) in [6.45, 7) is 0. The predicted molar refractivity (Wildman–Crippen MR) is 93.9 cm³/mol. The second-order valence-electron chi connectivity index (χ2n) is 5.05. The summed E-state index contributed by atoms with van der Waals surface area (Å²) < 4.78 is 10.9. The molecule has 3 rings (SSSR count). The van der Waals surface area contributed by atoms with Crippen LogP contribution in [0.25, 0.3) is 6.08 Å². The molecule has 122 valence electrons. The maximum atomic E-state index is 12.4. The van der Waals surface area contributed by atoms with Crippen LogP contribution in [-0.4, -0.2) is 5.91 Å². The van der Waals surface area contributed by atoms with Gasteiger partial charge in [-0.2, -0.15) is 5.26 Å². The van der Waals surface area contributed by atoms with Crippen LogP contribution in [0, 0.1) is 11.3 Å². The molecule has 0 spiro atoms. The smallest absolute Gasteiger partial charge is 0.266 e. The number of rotatable bonds is 5. The van der Waals surface area contributed by atoms with Gasteiger partial charge in [-0.25, -0.2) is 0 Å². The lowest BCUT2D eigenvalue weighted by molar-refractivity contribution is -0.112. The summed E-state index contributed by atoms with van der Waals surface area (Å²) >= 11 is 0. The lowest BCUT2D eigenvalue weighted by atomic mass is 10.2. The quantitative estimate of drug-likeness (QED) is 0.547. The summed E-state index contributed by atoms with van der Waals surface area (Å²) in [5, 5.41) is 11.9. The third-order valence-electron chi connectivity index (χ3n) is 3.30. The van der Waals surface area contributed by atoms with Crippen LogP contribution in [0.4, 0.5) is 5.69 Å². The largest absolute Gasteiger partial charge is 0.465 e. The van der Waals surface area contributed by atoms with Crippen molar-refractivity contribution >= 4 is 17.7 Å². The number of benzene rings is 2. The Labute approximate surface area is 144 Å². The molecule has 5 heteroatoms. The molecular weight excluding hydrogens is 316 g/mol. The number of para-hydroxylation sites is 3. The Kier molecular flexibility index (Phi) is 4.93. The van der Waals surface area contributed by atoms with E-state index in [1.807, 2.05) is 36.4 Å². The molecular formula is C20H14N2O3. The Balaban J connectivity index is 1.81. The third-order valence-corrected chi connectivity index (χ3v) is 3.30. The summed E-state index contributed by atoms with van der Waals surface area (Å²) in [5.74, 6) is 1.02. The van der Waals surface area contributed by atoms with Crippen molar-refractivity contribution in [2.75, 3.05) is 5.32 Å².